The molecule has 1 fully saturated rings. The third kappa shape index (κ3) is 3.10. The summed E-state index contributed by atoms with van der Waals surface area (Å²) in [5, 5.41) is 15.4. The van der Waals surface area contributed by atoms with Crippen molar-refractivity contribution in [3.8, 4) is 17.1 Å². The number of aryl methyl sites for hydroxylation is 1. The molecule has 1 N–H and O–H groups in total. The zero-order valence-electron chi connectivity index (χ0n) is 16.8. The van der Waals surface area contributed by atoms with Crippen molar-refractivity contribution in [3.63, 3.8) is 0 Å². The van der Waals surface area contributed by atoms with Crippen LogP contribution in [0.2, 0.25) is 0 Å². The van der Waals surface area contributed by atoms with Gasteiger partial charge in [-0.1, -0.05) is 25.0 Å². The first-order chi connectivity index (χ1) is 14.6. The van der Waals surface area contributed by atoms with Crippen molar-refractivity contribution in [1.29, 1.82) is 0 Å². The van der Waals surface area contributed by atoms with Crippen LogP contribution in [-0.2, 0) is 0 Å². The summed E-state index contributed by atoms with van der Waals surface area (Å²) < 4.78 is 22.8. The van der Waals surface area contributed by atoms with E-state index in [1.54, 1.807) is 18.2 Å². The fraction of sp³-hybridized carbons (Fsp3) is 0.381. The number of imidazole rings is 1. The van der Waals surface area contributed by atoms with E-state index in [9.17, 15) is 4.39 Å². The summed E-state index contributed by atoms with van der Waals surface area (Å²) in [5.74, 6) is 1.69. The monoisotopic (exact) mass is 407 g/mol. The lowest BCUT2D eigenvalue weighted by Gasteiger charge is -2.15. The number of rotatable bonds is 5. The molecular weight excluding hydrogens is 385 g/mol. The molecule has 5 rings (SSSR count). The molecule has 1 aliphatic carbocycles. The number of nitrogens with one attached hydrogen (secondary N) is 1. The normalized spacial score (nSPS) is 15.7. The number of fused-ring (bicyclic) bond motifs is 1. The lowest BCUT2D eigenvalue weighted by atomic mass is 10.0. The van der Waals surface area contributed by atoms with Crippen molar-refractivity contribution < 1.29 is 9.13 Å². The zero-order valence-corrected chi connectivity index (χ0v) is 16.8. The van der Waals surface area contributed by atoms with Crippen LogP contribution in [-0.4, -0.2) is 34.8 Å². The number of aromatic amines is 1. The Hall–Kier alpha value is -3.36. The number of nitrogens with zero attached hydrogens (tertiary/aromatic N) is 6. The molecule has 0 amide bonds. The van der Waals surface area contributed by atoms with Gasteiger partial charge in [-0.05, 0) is 38.8 Å². The van der Waals surface area contributed by atoms with Crippen LogP contribution in [0.15, 0.2) is 30.6 Å². The predicted octanol–water partition coefficient (Wildman–Crippen LogP) is 4.15. The number of aromatic nitrogens is 7. The number of hydrogen-bond donors (Lipinski definition) is 1. The molecule has 0 bridgehead atoms. The molecular formula is C21H22FN7O. The second-order valence-electron chi connectivity index (χ2n) is 7.64. The molecule has 3 aromatic heterocycles. The Balaban J connectivity index is 1.70. The standard InChI is InChI=1S/C21H22FN7O/c1-12(19-23-11-24-28-19)30-21-18(14-7-3-4-8-14)29-13(2)26-27-17(20(29)25-21)15-9-5-6-10-16(15)22/h5-6,9-12,14H,3-4,7-8H2,1-2H3,(H,23,24,28). The van der Waals surface area contributed by atoms with E-state index in [1.807, 2.05) is 18.2 Å². The molecule has 4 aromatic rings. The van der Waals surface area contributed by atoms with Gasteiger partial charge in [0.2, 0.25) is 5.88 Å². The minimum atomic E-state index is -0.389. The Morgan fingerprint density at radius 2 is 2.00 bits per heavy atom. The maximum atomic E-state index is 14.6. The minimum absolute atomic E-state index is 0.297. The van der Waals surface area contributed by atoms with Gasteiger partial charge in [-0.25, -0.2) is 9.37 Å². The van der Waals surface area contributed by atoms with Gasteiger partial charge in [-0.15, -0.1) is 10.2 Å². The van der Waals surface area contributed by atoms with Crippen LogP contribution >= 0.6 is 0 Å². The van der Waals surface area contributed by atoms with Gasteiger partial charge in [-0.2, -0.15) is 10.1 Å². The van der Waals surface area contributed by atoms with Crippen LogP contribution in [0.3, 0.4) is 0 Å². The topological polar surface area (TPSA) is 93.9 Å². The van der Waals surface area contributed by atoms with Gasteiger partial charge in [0.05, 0.1) is 5.69 Å². The van der Waals surface area contributed by atoms with Gasteiger partial charge in [0.15, 0.2) is 17.6 Å². The molecule has 9 heteroatoms. The summed E-state index contributed by atoms with van der Waals surface area (Å²) >= 11 is 0. The lowest BCUT2D eigenvalue weighted by molar-refractivity contribution is 0.205. The summed E-state index contributed by atoms with van der Waals surface area (Å²) in [6.45, 7) is 3.76. The van der Waals surface area contributed by atoms with E-state index in [0.717, 1.165) is 31.4 Å². The number of halogens is 1. The largest absolute Gasteiger partial charge is 0.465 e. The molecule has 1 atom stereocenters. The molecule has 3 heterocycles. The second-order valence-corrected chi connectivity index (χ2v) is 7.64. The highest BCUT2D eigenvalue weighted by molar-refractivity contribution is 5.75. The predicted molar refractivity (Wildman–Crippen MR) is 108 cm³/mol. The molecule has 1 unspecified atom stereocenters. The Bertz CT molecular complexity index is 1180. The molecule has 8 nitrogen and oxygen atoms in total. The van der Waals surface area contributed by atoms with Crippen molar-refractivity contribution in [3.05, 3.63) is 53.8 Å². The van der Waals surface area contributed by atoms with Crippen molar-refractivity contribution in [2.24, 2.45) is 0 Å². The van der Waals surface area contributed by atoms with Crippen LogP contribution in [0, 0.1) is 12.7 Å². The Morgan fingerprint density at radius 1 is 1.20 bits per heavy atom. The minimum Gasteiger partial charge on any atom is -0.465 e. The third-order valence-corrected chi connectivity index (χ3v) is 5.67. The van der Waals surface area contributed by atoms with Crippen LogP contribution in [0.1, 0.15) is 62.0 Å². The first-order valence-electron chi connectivity index (χ1n) is 10.2. The average Bonchev–Trinajstić information content (AvgIpc) is 3.50. The van der Waals surface area contributed by atoms with E-state index in [-0.39, 0.29) is 11.9 Å². The van der Waals surface area contributed by atoms with E-state index in [4.69, 9.17) is 9.72 Å². The number of benzene rings is 1. The molecule has 1 aliphatic rings. The van der Waals surface area contributed by atoms with Crippen molar-refractivity contribution >= 4 is 5.65 Å². The van der Waals surface area contributed by atoms with Gasteiger partial charge in [0, 0.05) is 11.5 Å². The Kier molecular flexibility index (Phi) is 4.65. The molecule has 0 spiro atoms. The van der Waals surface area contributed by atoms with Gasteiger partial charge in [-0.3, -0.25) is 9.50 Å². The molecule has 0 saturated heterocycles. The highest BCUT2D eigenvalue weighted by Crippen LogP contribution is 2.41. The molecule has 154 valence electrons. The van der Waals surface area contributed by atoms with E-state index < -0.39 is 0 Å². The Morgan fingerprint density at radius 3 is 2.73 bits per heavy atom. The van der Waals surface area contributed by atoms with Gasteiger partial charge >= 0.3 is 0 Å². The van der Waals surface area contributed by atoms with Gasteiger partial charge in [0.25, 0.3) is 0 Å². The van der Waals surface area contributed by atoms with Crippen LogP contribution in [0.5, 0.6) is 5.88 Å². The highest BCUT2D eigenvalue weighted by Gasteiger charge is 2.30. The van der Waals surface area contributed by atoms with Crippen LogP contribution in [0.4, 0.5) is 4.39 Å². The highest BCUT2D eigenvalue weighted by atomic mass is 19.1. The summed E-state index contributed by atoms with van der Waals surface area (Å²) in [7, 11) is 0. The van der Waals surface area contributed by atoms with E-state index in [2.05, 4.69) is 25.4 Å². The van der Waals surface area contributed by atoms with Crippen molar-refractivity contribution in [2.45, 2.75) is 51.6 Å². The lowest BCUT2D eigenvalue weighted by Crippen LogP contribution is -2.10. The fourth-order valence-corrected chi connectivity index (χ4v) is 4.22. The smallest absolute Gasteiger partial charge is 0.237 e. The molecule has 1 aromatic carbocycles. The van der Waals surface area contributed by atoms with E-state index in [0.29, 0.717) is 40.4 Å². The van der Waals surface area contributed by atoms with Crippen molar-refractivity contribution in [1.82, 2.24) is 34.8 Å². The number of ether oxygens (including phenoxy) is 1. The maximum absolute atomic E-state index is 14.6. The molecule has 0 radical (unpaired) electrons. The summed E-state index contributed by atoms with van der Waals surface area (Å²) in [6, 6.07) is 6.53. The number of H-pyrrole nitrogens is 1. The average molecular weight is 407 g/mol. The molecule has 1 saturated carbocycles. The van der Waals surface area contributed by atoms with Crippen molar-refractivity contribution in [2.75, 3.05) is 0 Å². The first-order valence-corrected chi connectivity index (χ1v) is 10.2. The van der Waals surface area contributed by atoms with E-state index in [1.165, 1.54) is 12.4 Å². The molecule has 0 aliphatic heterocycles. The summed E-state index contributed by atoms with van der Waals surface area (Å²) in [5.41, 5.74) is 2.28. The van der Waals surface area contributed by atoms with Gasteiger partial charge < -0.3 is 4.74 Å². The Labute approximate surface area is 172 Å². The molecule has 30 heavy (non-hydrogen) atoms. The summed E-state index contributed by atoms with van der Waals surface area (Å²) in [4.78, 5) is 8.98. The third-order valence-electron chi connectivity index (χ3n) is 5.67. The maximum Gasteiger partial charge on any atom is 0.237 e. The van der Waals surface area contributed by atoms with Gasteiger partial charge in [0.1, 0.15) is 23.7 Å². The quantitative estimate of drug-likeness (QED) is 0.534. The zero-order chi connectivity index (χ0) is 20.7. The second kappa shape index (κ2) is 7.47. The fourth-order valence-electron chi connectivity index (χ4n) is 4.22. The number of hydrogen-bond acceptors (Lipinski definition) is 6. The van der Waals surface area contributed by atoms with Crippen LogP contribution < -0.4 is 4.74 Å². The van der Waals surface area contributed by atoms with E-state index >= 15 is 0 Å². The SMILES string of the molecule is Cc1nnc(-c2ccccc2F)c2nc(OC(C)c3nc[nH]n3)c(C3CCCC3)n12. The summed E-state index contributed by atoms with van der Waals surface area (Å²) in [6.07, 6.45) is 5.55. The van der Waals surface area contributed by atoms with Crippen LogP contribution in [0.25, 0.3) is 16.9 Å². The first kappa shape index (κ1) is 18.7.